The molecule has 11 heteroatoms. The molecule has 0 aliphatic rings. The largest absolute Gasteiger partial charge is 0.497 e. The van der Waals surface area contributed by atoms with E-state index in [2.05, 4.69) is 5.32 Å². The van der Waals surface area contributed by atoms with Gasteiger partial charge in [-0.1, -0.05) is 41.9 Å². The molecule has 0 heterocycles. The van der Waals surface area contributed by atoms with Gasteiger partial charge in [-0.15, -0.1) is 0 Å². The maximum atomic E-state index is 14.0. The van der Waals surface area contributed by atoms with Gasteiger partial charge in [0.15, 0.2) is 0 Å². The highest BCUT2D eigenvalue weighted by atomic mass is 35.5. The standard InChI is InChI=1S/C29H34ClN3O6S/c1-20(2)31-29(35)21(3)32(18-22-11-13-23(30)14-12-22)28(34)19-33(40(36,37)25-9-7-6-8-10-25)26-17-24(38-4)15-16-27(26)39-5/h6-17,20-21H,18-19H2,1-5H3,(H,31,35). The molecular weight excluding hydrogens is 554 g/mol. The van der Waals surface area contributed by atoms with E-state index in [-0.39, 0.29) is 34.8 Å². The molecule has 0 spiro atoms. The van der Waals surface area contributed by atoms with E-state index in [0.717, 1.165) is 9.87 Å². The number of nitrogens with zero attached hydrogens (tertiary/aromatic N) is 2. The second-order valence-corrected chi connectivity index (χ2v) is 11.6. The predicted octanol–water partition coefficient (Wildman–Crippen LogP) is 4.49. The lowest BCUT2D eigenvalue weighted by atomic mass is 10.1. The Morgan fingerprint density at radius 1 is 0.925 bits per heavy atom. The number of anilines is 1. The third-order valence-corrected chi connectivity index (χ3v) is 8.16. The van der Waals surface area contributed by atoms with E-state index in [1.165, 1.54) is 37.3 Å². The van der Waals surface area contributed by atoms with Gasteiger partial charge in [0, 0.05) is 23.7 Å². The van der Waals surface area contributed by atoms with E-state index in [1.807, 2.05) is 13.8 Å². The van der Waals surface area contributed by atoms with Gasteiger partial charge in [0.05, 0.1) is 24.8 Å². The number of methoxy groups -OCH3 is 2. The lowest BCUT2D eigenvalue weighted by molar-refractivity contribution is -0.139. The molecule has 2 amide bonds. The number of ether oxygens (including phenoxy) is 2. The number of hydrogen-bond acceptors (Lipinski definition) is 6. The molecule has 1 atom stereocenters. The second kappa shape index (κ2) is 13.5. The van der Waals surface area contributed by atoms with Gasteiger partial charge in [0.25, 0.3) is 10.0 Å². The monoisotopic (exact) mass is 587 g/mol. The number of amides is 2. The van der Waals surface area contributed by atoms with Crippen LogP contribution in [0.3, 0.4) is 0 Å². The molecule has 0 bridgehead atoms. The topological polar surface area (TPSA) is 105 Å². The van der Waals surface area contributed by atoms with Gasteiger partial charge in [0.2, 0.25) is 11.8 Å². The van der Waals surface area contributed by atoms with E-state index in [9.17, 15) is 18.0 Å². The molecule has 3 rings (SSSR count). The van der Waals surface area contributed by atoms with Crippen LogP contribution in [0.1, 0.15) is 26.3 Å². The normalized spacial score (nSPS) is 12.0. The molecule has 214 valence electrons. The summed E-state index contributed by atoms with van der Waals surface area (Å²) in [4.78, 5) is 28.3. The molecule has 0 aliphatic heterocycles. The molecule has 0 saturated heterocycles. The Morgan fingerprint density at radius 2 is 1.57 bits per heavy atom. The first-order valence-electron chi connectivity index (χ1n) is 12.6. The Morgan fingerprint density at radius 3 is 2.15 bits per heavy atom. The van der Waals surface area contributed by atoms with Crippen LogP contribution < -0.4 is 19.1 Å². The van der Waals surface area contributed by atoms with Gasteiger partial charge in [-0.2, -0.15) is 0 Å². The summed E-state index contributed by atoms with van der Waals surface area (Å²) in [6.45, 7) is 4.69. The van der Waals surface area contributed by atoms with E-state index in [4.69, 9.17) is 21.1 Å². The minimum atomic E-state index is -4.25. The van der Waals surface area contributed by atoms with Crippen molar-refractivity contribution in [2.24, 2.45) is 0 Å². The number of nitrogens with one attached hydrogen (secondary N) is 1. The number of carbonyl (C=O) groups excluding carboxylic acids is 2. The van der Waals surface area contributed by atoms with Crippen LogP contribution in [0.25, 0.3) is 0 Å². The number of halogens is 1. The van der Waals surface area contributed by atoms with Crippen LogP contribution in [0.4, 0.5) is 5.69 Å². The fraction of sp³-hybridized carbons (Fsp3) is 0.310. The SMILES string of the molecule is COc1ccc(OC)c(N(CC(=O)N(Cc2ccc(Cl)cc2)C(C)C(=O)NC(C)C)S(=O)(=O)c2ccccc2)c1. The summed E-state index contributed by atoms with van der Waals surface area (Å²) in [6.07, 6.45) is 0. The third-order valence-electron chi connectivity index (χ3n) is 6.13. The van der Waals surface area contributed by atoms with Crippen LogP contribution >= 0.6 is 11.6 Å². The molecule has 40 heavy (non-hydrogen) atoms. The summed E-state index contributed by atoms with van der Waals surface area (Å²) < 4.78 is 39.7. The number of sulfonamides is 1. The number of benzene rings is 3. The highest BCUT2D eigenvalue weighted by Gasteiger charge is 2.34. The van der Waals surface area contributed by atoms with Crippen LogP contribution in [0.2, 0.25) is 5.02 Å². The smallest absolute Gasteiger partial charge is 0.264 e. The van der Waals surface area contributed by atoms with Crippen molar-refractivity contribution in [3.05, 3.63) is 83.4 Å². The fourth-order valence-electron chi connectivity index (χ4n) is 4.00. The quantitative estimate of drug-likeness (QED) is 0.335. The van der Waals surface area contributed by atoms with Gasteiger partial charge in [0.1, 0.15) is 24.1 Å². The molecule has 1 unspecified atom stereocenters. The lowest BCUT2D eigenvalue weighted by Gasteiger charge is -2.32. The summed E-state index contributed by atoms with van der Waals surface area (Å²) in [5.74, 6) is -0.360. The van der Waals surface area contributed by atoms with Crippen LogP contribution in [-0.4, -0.2) is 58.0 Å². The first kappa shape index (κ1) is 30.8. The summed E-state index contributed by atoms with van der Waals surface area (Å²) in [7, 11) is -1.39. The highest BCUT2D eigenvalue weighted by Crippen LogP contribution is 2.36. The Balaban J connectivity index is 2.10. The zero-order valence-electron chi connectivity index (χ0n) is 23.1. The van der Waals surface area contributed by atoms with Crippen LogP contribution in [0.15, 0.2) is 77.7 Å². The number of carbonyl (C=O) groups is 2. The number of hydrogen-bond donors (Lipinski definition) is 1. The molecule has 1 N–H and O–H groups in total. The highest BCUT2D eigenvalue weighted by molar-refractivity contribution is 7.92. The van der Waals surface area contributed by atoms with Crippen LogP contribution in [-0.2, 0) is 26.2 Å². The zero-order valence-corrected chi connectivity index (χ0v) is 24.7. The molecule has 0 fully saturated rings. The van der Waals surface area contributed by atoms with Gasteiger partial charge in [-0.25, -0.2) is 8.42 Å². The Kier molecular flexibility index (Phi) is 10.4. The number of rotatable bonds is 12. The maximum absolute atomic E-state index is 14.0. The minimum Gasteiger partial charge on any atom is -0.497 e. The average Bonchev–Trinajstić information content (AvgIpc) is 2.94. The molecule has 9 nitrogen and oxygen atoms in total. The van der Waals surface area contributed by atoms with Crippen molar-refractivity contribution in [3.8, 4) is 11.5 Å². The van der Waals surface area contributed by atoms with E-state index in [0.29, 0.717) is 10.8 Å². The summed E-state index contributed by atoms with van der Waals surface area (Å²) in [6, 6.07) is 18.3. The van der Waals surface area contributed by atoms with Crippen LogP contribution in [0.5, 0.6) is 11.5 Å². The second-order valence-electron chi connectivity index (χ2n) is 9.35. The van der Waals surface area contributed by atoms with E-state index in [1.54, 1.807) is 61.5 Å². The molecule has 0 aromatic heterocycles. The van der Waals surface area contributed by atoms with Gasteiger partial charge in [-0.05, 0) is 62.7 Å². The van der Waals surface area contributed by atoms with Crippen molar-refractivity contribution in [2.45, 2.75) is 44.3 Å². The van der Waals surface area contributed by atoms with E-state index < -0.39 is 28.5 Å². The van der Waals surface area contributed by atoms with Crippen molar-refractivity contribution in [3.63, 3.8) is 0 Å². The average molecular weight is 588 g/mol. The first-order chi connectivity index (χ1) is 19.0. The Hall–Kier alpha value is -3.76. The Bertz CT molecular complexity index is 1420. The van der Waals surface area contributed by atoms with E-state index >= 15 is 0 Å². The molecule has 0 saturated carbocycles. The summed E-state index contributed by atoms with van der Waals surface area (Å²) in [5, 5.41) is 3.35. The maximum Gasteiger partial charge on any atom is 0.264 e. The molecule has 0 aliphatic carbocycles. The van der Waals surface area contributed by atoms with Crippen molar-refractivity contribution in [2.75, 3.05) is 25.1 Å². The molecule has 3 aromatic carbocycles. The minimum absolute atomic E-state index is 0.0116. The van der Waals surface area contributed by atoms with Crippen molar-refractivity contribution < 1.29 is 27.5 Å². The molecule has 3 aromatic rings. The Labute approximate surface area is 240 Å². The van der Waals surface area contributed by atoms with Crippen molar-refractivity contribution in [1.82, 2.24) is 10.2 Å². The van der Waals surface area contributed by atoms with Gasteiger partial charge >= 0.3 is 0 Å². The molecular formula is C29H34ClN3O6S. The van der Waals surface area contributed by atoms with Gasteiger partial charge in [-0.3, -0.25) is 13.9 Å². The van der Waals surface area contributed by atoms with Crippen LogP contribution in [0, 0.1) is 0 Å². The summed E-state index contributed by atoms with van der Waals surface area (Å²) >= 11 is 6.04. The molecule has 0 radical (unpaired) electrons. The predicted molar refractivity (Wildman–Crippen MR) is 155 cm³/mol. The summed E-state index contributed by atoms with van der Waals surface area (Å²) in [5.41, 5.74) is 0.836. The first-order valence-corrected chi connectivity index (χ1v) is 14.4. The lowest BCUT2D eigenvalue weighted by Crippen LogP contribution is -2.52. The van der Waals surface area contributed by atoms with Gasteiger partial charge < -0.3 is 19.7 Å². The third kappa shape index (κ3) is 7.45. The fourth-order valence-corrected chi connectivity index (χ4v) is 5.56. The zero-order chi connectivity index (χ0) is 29.4. The van der Waals surface area contributed by atoms with Crippen molar-refractivity contribution in [1.29, 1.82) is 0 Å². The van der Waals surface area contributed by atoms with Crippen molar-refractivity contribution >= 4 is 39.1 Å².